The molecule has 7 heteroatoms. The number of nitrogens with zero attached hydrogens (tertiary/aromatic N) is 2. The van der Waals surface area contributed by atoms with E-state index in [9.17, 15) is 4.79 Å². The Morgan fingerprint density at radius 3 is 2.55 bits per heavy atom. The highest BCUT2D eigenvalue weighted by Crippen LogP contribution is 2.13. The van der Waals surface area contributed by atoms with Gasteiger partial charge in [-0.15, -0.1) is 0 Å². The SMILES string of the molecule is NC(=O)COc1ccc(CCN=C(N)N2CCSCC2)cc1. The second-order valence-electron chi connectivity index (χ2n) is 4.99. The highest BCUT2D eigenvalue weighted by atomic mass is 32.2. The molecule has 0 aromatic heterocycles. The van der Waals surface area contributed by atoms with Crippen LogP contribution in [0, 0.1) is 0 Å². The molecule has 1 aliphatic heterocycles. The molecule has 120 valence electrons. The normalized spacial score (nSPS) is 15.6. The van der Waals surface area contributed by atoms with Crippen molar-refractivity contribution in [1.82, 2.24) is 4.90 Å². The van der Waals surface area contributed by atoms with E-state index >= 15 is 0 Å². The van der Waals surface area contributed by atoms with Crippen molar-refractivity contribution in [2.75, 3.05) is 37.7 Å². The minimum absolute atomic E-state index is 0.103. The first-order valence-electron chi connectivity index (χ1n) is 7.28. The van der Waals surface area contributed by atoms with E-state index in [4.69, 9.17) is 16.2 Å². The molecule has 1 amide bonds. The molecule has 0 unspecified atom stereocenters. The number of hydrogen-bond donors (Lipinski definition) is 2. The summed E-state index contributed by atoms with van der Waals surface area (Å²) in [4.78, 5) is 17.2. The Morgan fingerprint density at radius 2 is 1.91 bits per heavy atom. The van der Waals surface area contributed by atoms with Gasteiger partial charge in [-0.05, 0) is 24.1 Å². The fourth-order valence-electron chi connectivity index (χ4n) is 2.10. The van der Waals surface area contributed by atoms with Crippen LogP contribution in [-0.2, 0) is 11.2 Å². The van der Waals surface area contributed by atoms with Gasteiger partial charge in [-0.1, -0.05) is 12.1 Å². The predicted molar refractivity (Wildman–Crippen MR) is 90.2 cm³/mol. The number of guanidine groups is 1. The largest absolute Gasteiger partial charge is 0.484 e. The van der Waals surface area contributed by atoms with Crippen molar-refractivity contribution >= 4 is 23.6 Å². The lowest BCUT2D eigenvalue weighted by atomic mass is 10.1. The number of ether oxygens (including phenoxy) is 1. The highest BCUT2D eigenvalue weighted by molar-refractivity contribution is 7.99. The van der Waals surface area contributed by atoms with Gasteiger partial charge >= 0.3 is 0 Å². The lowest BCUT2D eigenvalue weighted by Gasteiger charge is -2.27. The third-order valence-electron chi connectivity index (χ3n) is 3.31. The minimum atomic E-state index is -0.481. The van der Waals surface area contributed by atoms with Gasteiger partial charge in [0.05, 0.1) is 0 Å². The third-order valence-corrected chi connectivity index (χ3v) is 4.26. The highest BCUT2D eigenvalue weighted by Gasteiger charge is 2.11. The van der Waals surface area contributed by atoms with Crippen LogP contribution in [0.25, 0.3) is 0 Å². The van der Waals surface area contributed by atoms with Crippen LogP contribution in [0.2, 0.25) is 0 Å². The van der Waals surface area contributed by atoms with Crippen LogP contribution < -0.4 is 16.2 Å². The lowest BCUT2D eigenvalue weighted by molar-refractivity contribution is -0.119. The Balaban J connectivity index is 1.77. The van der Waals surface area contributed by atoms with E-state index in [1.807, 2.05) is 36.0 Å². The van der Waals surface area contributed by atoms with Crippen LogP contribution in [-0.4, -0.2) is 54.5 Å². The summed E-state index contributed by atoms with van der Waals surface area (Å²) in [6, 6.07) is 7.57. The summed E-state index contributed by atoms with van der Waals surface area (Å²) in [5.41, 5.74) is 12.2. The molecule has 6 nitrogen and oxygen atoms in total. The van der Waals surface area contributed by atoms with Crippen LogP contribution >= 0.6 is 11.8 Å². The second-order valence-corrected chi connectivity index (χ2v) is 6.21. The predicted octanol–water partition coefficient (Wildman–Crippen LogP) is 0.457. The standard InChI is InChI=1S/C15H22N4O2S/c16-14(20)11-21-13-3-1-12(2-4-13)5-6-18-15(17)19-7-9-22-10-8-19/h1-4H,5-11H2,(H2,16,20)(H2,17,18). The maximum absolute atomic E-state index is 10.6. The number of carbonyl (C=O) groups excluding carboxylic acids is 1. The number of rotatable bonds is 6. The Bertz CT molecular complexity index is 513. The molecule has 0 aliphatic carbocycles. The van der Waals surface area contributed by atoms with E-state index in [-0.39, 0.29) is 6.61 Å². The first-order chi connectivity index (χ1) is 10.6. The van der Waals surface area contributed by atoms with Crippen LogP contribution in [0.5, 0.6) is 5.75 Å². The van der Waals surface area contributed by atoms with Crippen molar-refractivity contribution in [1.29, 1.82) is 0 Å². The van der Waals surface area contributed by atoms with Gasteiger partial charge in [0.25, 0.3) is 5.91 Å². The molecular weight excluding hydrogens is 300 g/mol. The Kier molecular flexibility index (Phi) is 6.39. The van der Waals surface area contributed by atoms with Crippen molar-refractivity contribution in [3.8, 4) is 5.75 Å². The van der Waals surface area contributed by atoms with Gasteiger partial charge < -0.3 is 21.1 Å². The molecule has 0 saturated carbocycles. The number of aliphatic imine (C=N–C) groups is 1. The number of primary amides is 1. The van der Waals surface area contributed by atoms with Gasteiger partial charge in [0, 0.05) is 31.1 Å². The van der Waals surface area contributed by atoms with Crippen molar-refractivity contribution in [3.05, 3.63) is 29.8 Å². The lowest BCUT2D eigenvalue weighted by Crippen LogP contribution is -2.42. The van der Waals surface area contributed by atoms with E-state index < -0.39 is 5.91 Å². The topological polar surface area (TPSA) is 93.9 Å². The first-order valence-corrected chi connectivity index (χ1v) is 8.43. The van der Waals surface area contributed by atoms with E-state index in [0.29, 0.717) is 18.3 Å². The molecule has 1 aromatic carbocycles. The van der Waals surface area contributed by atoms with Gasteiger partial charge in [0.2, 0.25) is 0 Å². The number of nitrogens with two attached hydrogens (primary N) is 2. The molecule has 1 fully saturated rings. The molecule has 22 heavy (non-hydrogen) atoms. The molecular formula is C15H22N4O2S. The summed E-state index contributed by atoms with van der Waals surface area (Å²) in [7, 11) is 0. The number of hydrogen-bond acceptors (Lipinski definition) is 4. The molecule has 1 heterocycles. The number of thioether (sulfide) groups is 1. The molecule has 1 saturated heterocycles. The number of amides is 1. The average Bonchev–Trinajstić information content (AvgIpc) is 2.55. The molecule has 1 aromatic rings. The fourth-order valence-corrected chi connectivity index (χ4v) is 3.00. The zero-order chi connectivity index (χ0) is 15.8. The smallest absolute Gasteiger partial charge is 0.255 e. The van der Waals surface area contributed by atoms with Crippen LogP contribution in [0.15, 0.2) is 29.3 Å². The van der Waals surface area contributed by atoms with Crippen molar-refractivity contribution < 1.29 is 9.53 Å². The zero-order valence-electron chi connectivity index (χ0n) is 12.5. The van der Waals surface area contributed by atoms with Crippen molar-refractivity contribution in [2.24, 2.45) is 16.5 Å². The minimum Gasteiger partial charge on any atom is -0.484 e. The van der Waals surface area contributed by atoms with Crippen LogP contribution in [0.1, 0.15) is 5.56 Å². The Hall–Kier alpha value is -1.89. The van der Waals surface area contributed by atoms with Crippen LogP contribution in [0.3, 0.4) is 0 Å². The van der Waals surface area contributed by atoms with E-state index in [1.54, 1.807) is 0 Å². The maximum atomic E-state index is 10.6. The van der Waals surface area contributed by atoms with E-state index in [1.165, 1.54) is 0 Å². The van der Waals surface area contributed by atoms with Gasteiger partial charge in [-0.3, -0.25) is 9.79 Å². The van der Waals surface area contributed by atoms with Gasteiger partial charge in [0.1, 0.15) is 5.75 Å². The summed E-state index contributed by atoms with van der Waals surface area (Å²) < 4.78 is 5.21. The molecule has 0 atom stereocenters. The Labute approximate surface area is 134 Å². The summed E-state index contributed by atoms with van der Waals surface area (Å²) in [5, 5.41) is 0. The first kappa shape index (κ1) is 16.5. The molecule has 0 bridgehead atoms. The Morgan fingerprint density at radius 1 is 1.23 bits per heavy atom. The van der Waals surface area contributed by atoms with Crippen LogP contribution in [0.4, 0.5) is 0 Å². The van der Waals surface area contributed by atoms with Crippen molar-refractivity contribution in [2.45, 2.75) is 6.42 Å². The average molecular weight is 322 g/mol. The molecule has 0 spiro atoms. The molecule has 1 aliphatic rings. The summed E-state index contributed by atoms with van der Waals surface area (Å²) in [6.45, 7) is 2.52. The fraction of sp³-hybridized carbons (Fsp3) is 0.467. The molecule has 4 N–H and O–H groups in total. The molecule has 2 rings (SSSR count). The number of benzene rings is 1. The summed E-state index contributed by atoms with van der Waals surface area (Å²) >= 11 is 1.95. The second kappa shape index (κ2) is 8.53. The van der Waals surface area contributed by atoms with E-state index in [0.717, 1.165) is 36.6 Å². The zero-order valence-corrected chi connectivity index (χ0v) is 13.3. The van der Waals surface area contributed by atoms with Gasteiger partial charge in [-0.2, -0.15) is 11.8 Å². The summed E-state index contributed by atoms with van der Waals surface area (Å²) in [5.74, 6) is 3.02. The summed E-state index contributed by atoms with van der Waals surface area (Å²) in [6.07, 6.45) is 0.819. The maximum Gasteiger partial charge on any atom is 0.255 e. The van der Waals surface area contributed by atoms with Crippen molar-refractivity contribution in [3.63, 3.8) is 0 Å². The third kappa shape index (κ3) is 5.48. The number of carbonyl (C=O) groups is 1. The van der Waals surface area contributed by atoms with Gasteiger partial charge in [0.15, 0.2) is 12.6 Å². The molecule has 0 radical (unpaired) electrons. The van der Waals surface area contributed by atoms with E-state index in [2.05, 4.69) is 9.89 Å². The quantitative estimate of drug-likeness (QED) is 0.586. The monoisotopic (exact) mass is 322 g/mol. The van der Waals surface area contributed by atoms with Gasteiger partial charge in [-0.25, -0.2) is 0 Å².